The van der Waals surface area contributed by atoms with Crippen molar-refractivity contribution in [3.05, 3.63) is 45.9 Å². The Kier molecular flexibility index (Phi) is 6.51. The summed E-state index contributed by atoms with van der Waals surface area (Å²) in [5.41, 5.74) is 1.06. The van der Waals surface area contributed by atoms with Gasteiger partial charge in [0.05, 0.1) is 9.90 Å². The summed E-state index contributed by atoms with van der Waals surface area (Å²) in [5, 5.41) is 4.50. The third-order valence-corrected chi connectivity index (χ3v) is 6.95. The monoisotopic (exact) mass is 367 g/mol. The quantitative estimate of drug-likeness (QED) is 0.777. The number of nitrogens with one attached hydrogen (secondary N) is 1. The van der Waals surface area contributed by atoms with Crippen LogP contribution >= 0.6 is 11.3 Å². The molecule has 1 aromatic carbocycles. The smallest absolute Gasteiger partial charge is 0.243 e. The second-order valence-electron chi connectivity index (χ2n) is 5.61. The lowest BCUT2D eigenvalue weighted by molar-refractivity contribution is 0.445. The average molecular weight is 368 g/mol. The number of thiazole rings is 1. The molecule has 1 atom stereocenters. The first-order valence-electron chi connectivity index (χ1n) is 8.13. The molecular weight excluding hydrogens is 342 g/mol. The third-order valence-electron chi connectivity index (χ3n) is 3.97. The molecular formula is C17H25N3O2S2. The summed E-state index contributed by atoms with van der Waals surface area (Å²) in [6.45, 7) is 9.48. The normalized spacial score (nSPS) is 13.4. The highest BCUT2D eigenvalue weighted by Crippen LogP contribution is 2.20. The van der Waals surface area contributed by atoms with Gasteiger partial charge in [0.25, 0.3) is 0 Å². The molecule has 0 bridgehead atoms. The molecule has 0 amide bonds. The zero-order valence-electron chi connectivity index (χ0n) is 14.6. The van der Waals surface area contributed by atoms with Crippen LogP contribution in [0.4, 0.5) is 0 Å². The van der Waals surface area contributed by atoms with Crippen molar-refractivity contribution < 1.29 is 8.42 Å². The number of nitrogens with zero attached hydrogens (tertiary/aromatic N) is 2. The highest BCUT2D eigenvalue weighted by molar-refractivity contribution is 7.89. The minimum Gasteiger partial charge on any atom is -0.305 e. The molecule has 0 saturated heterocycles. The number of hydrogen-bond acceptors (Lipinski definition) is 5. The number of sulfonamides is 1. The van der Waals surface area contributed by atoms with Crippen molar-refractivity contribution >= 4 is 21.4 Å². The Morgan fingerprint density at radius 2 is 1.83 bits per heavy atom. The fourth-order valence-corrected chi connectivity index (χ4v) is 4.70. The van der Waals surface area contributed by atoms with Crippen LogP contribution in [-0.2, 0) is 16.6 Å². The van der Waals surface area contributed by atoms with E-state index in [2.05, 4.69) is 17.2 Å². The van der Waals surface area contributed by atoms with Crippen LogP contribution in [0.2, 0.25) is 0 Å². The summed E-state index contributed by atoms with van der Waals surface area (Å²) >= 11 is 1.68. The predicted molar refractivity (Wildman–Crippen MR) is 98.7 cm³/mol. The standard InChI is InChI=1S/C17H25N3O2S2/c1-5-20(6-2)24(21,22)17-9-7-15(8-10-17)13(3)18-11-16-12-19-14(4)23-16/h7-10,12-13,18H,5-6,11H2,1-4H3. The van der Waals surface area contributed by atoms with E-state index < -0.39 is 10.0 Å². The Hall–Kier alpha value is -1.28. The van der Waals surface area contributed by atoms with Crippen LogP contribution in [0.1, 0.15) is 42.3 Å². The molecule has 1 N–H and O–H groups in total. The molecule has 0 aliphatic rings. The van der Waals surface area contributed by atoms with Gasteiger partial charge in [-0.25, -0.2) is 13.4 Å². The fourth-order valence-electron chi connectivity index (χ4n) is 2.50. The first kappa shape index (κ1) is 19.1. The molecule has 0 fully saturated rings. The Labute approximate surface area is 148 Å². The van der Waals surface area contributed by atoms with E-state index >= 15 is 0 Å². The molecule has 2 aromatic rings. The fraction of sp³-hybridized carbons (Fsp3) is 0.471. The van der Waals surface area contributed by atoms with Gasteiger partial charge in [0.2, 0.25) is 10.0 Å². The van der Waals surface area contributed by atoms with Gasteiger partial charge in [-0.3, -0.25) is 0 Å². The zero-order valence-corrected chi connectivity index (χ0v) is 16.2. The topological polar surface area (TPSA) is 62.3 Å². The lowest BCUT2D eigenvalue weighted by Gasteiger charge is -2.19. The Balaban J connectivity index is 2.05. The molecule has 0 aliphatic carbocycles. The highest BCUT2D eigenvalue weighted by atomic mass is 32.2. The van der Waals surface area contributed by atoms with Gasteiger partial charge in [-0.15, -0.1) is 11.3 Å². The van der Waals surface area contributed by atoms with Gasteiger partial charge in [-0.05, 0) is 31.5 Å². The van der Waals surface area contributed by atoms with Gasteiger partial charge in [-0.1, -0.05) is 26.0 Å². The minimum atomic E-state index is -3.39. The van der Waals surface area contributed by atoms with E-state index in [1.807, 2.05) is 39.1 Å². The number of aryl methyl sites for hydroxylation is 1. The first-order valence-corrected chi connectivity index (χ1v) is 10.4. The molecule has 0 radical (unpaired) electrons. The SMILES string of the molecule is CCN(CC)S(=O)(=O)c1ccc(C(C)NCc2cnc(C)s2)cc1. The van der Waals surface area contributed by atoms with Crippen molar-refractivity contribution in [2.75, 3.05) is 13.1 Å². The van der Waals surface area contributed by atoms with Crippen LogP contribution in [0, 0.1) is 6.92 Å². The Morgan fingerprint density at radius 3 is 2.33 bits per heavy atom. The van der Waals surface area contributed by atoms with Gasteiger partial charge >= 0.3 is 0 Å². The summed E-state index contributed by atoms with van der Waals surface area (Å²) in [6.07, 6.45) is 1.89. The summed E-state index contributed by atoms with van der Waals surface area (Å²) in [7, 11) is -3.39. The lowest BCUT2D eigenvalue weighted by Crippen LogP contribution is -2.30. The maximum Gasteiger partial charge on any atom is 0.243 e. The maximum absolute atomic E-state index is 12.5. The van der Waals surface area contributed by atoms with Crippen molar-refractivity contribution in [2.24, 2.45) is 0 Å². The average Bonchev–Trinajstić information content (AvgIpc) is 2.99. The predicted octanol–water partition coefficient (Wildman–Crippen LogP) is 3.33. The van der Waals surface area contributed by atoms with Crippen LogP contribution in [0.3, 0.4) is 0 Å². The Morgan fingerprint density at radius 1 is 1.21 bits per heavy atom. The largest absolute Gasteiger partial charge is 0.305 e. The van der Waals surface area contributed by atoms with Gasteiger partial charge in [0.1, 0.15) is 0 Å². The zero-order chi connectivity index (χ0) is 17.7. The van der Waals surface area contributed by atoms with Crippen molar-refractivity contribution in [3.8, 4) is 0 Å². The molecule has 5 nitrogen and oxygen atoms in total. The molecule has 7 heteroatoms. The van der Waals surface area contributed by atoms with Crippen molar-refractivity contribution in [1.29, 1.82) is 0 Å². The molecule has 0 spiro atoms. The van der Waals surface area contributed by atoms with Crippen molar-refractivity contribution in [1.82, 2.24) is 14.6 Å². The minimum absolute atomic E-state index is 0.137. The summed E-state index contributed by atoms with van der Waals surface area (Å²) in [5.74, 6) is 0. The molecule has 2 rings (SSSR count). The molecule has 0 saturated carbocycles. The second-order valence-corrected chi connectivity index (χ2v) is 8.86. The van der Waals surface area contributed by atoms with Crippen LogP contribution in [0.5, 0.6) is 0 Å². The molecule has 1 unspecified atom stereocenters. The Bertz CT molecular complexity index is 750. The van der Waals surface area contributed by atoms with Gasteiger partial charge in [0.15, 0.2) is 0 Å². The van der Waals surface area contributed by atoms with E-state index in [0.717, 1.165) is 17.1 Å². The van der Waals surface area contributed by atoms with Crippen LogP contribution in [0.25, 0.3) is 0 Å². The van der Waals surface area contributed by atoms with Crippen LogP contribution < -0.4 is 5.32 Å². The lowest BCUT2D eigenvalue weighted by atomic mass is 10.1. The van der Waals surface area contributed by atoms with Gasteiger partial charge < -0.3 is 5.32 Å². The second kappa shape index (κ2) is 8.20. The van der Waals surface area contributed by atoms with E-state index in [4.69, 9.17) is 0 Å². The van der Waals surface area contributed by atoms with Crippen molar-refractivity contribution in [2.45, 2.75) is 45.2 Å². The van der Waals surface area contributed by atoms with E-state index in [0.29, 0.717) is 18.0 Å². The molecule has 1 heterocycles. The molecule has 0 aliphatic heterocycles. The van der Waals surface area contributed by atoms with Crippen molar-refractivity contribution in [3.63, 3.8) is 0 Å². The molecule has 24 heavy (non-hydrogen) atoms. The first-order chi connectivity index (χ1) is 11.4. The van der Waals surface area contributed by atoms with Gasteiger partial charge in [0, 0.05) is 36.8 Å². The number of benzene rings is 1. The summed E-state index contributed by atoms with van der Waals surface area (Å²) in [6, 6.07) is 7.28. The van der Waals surface area contributed by atoms with Gasteiger partial charge in [-0.2, -0.15) is 4.31 Å². The molecule has 1 aromatic heterocycles. The number of hydrogen-bond donors (Lipinski definition) is 1. The third kappa shape index (κ3) is 4.42. The van der Waals surface area contributed by atoms with E-state index in [9.17, 15) is 8.42 Å². The summed E-state index contributed by atoms with van der Waals surface area (Å²) < 4.78 is 26.5. The van der Waals surface area contributed by atoms with E-state index in [1.54, 1.807) is 23.5 Å². The highest BCUT2D eigenvalue weighted by Gasteiger charge is 2.21. The van der Waals surface area contributed by atoms with Crippen LogP contribution in [-0.4, -0.2) is 30.8 Å². The maximum atomic E-state index is 12.5. The van der Waals surface area contributed by atoms with Crippen LogP contribution in [0.15, 0.2) is 35.4 Å². The van der Waals surface area contributed by atoms with E-state index in [-0.39, 0.29) is 6.04 Å². The number of rotatable bonds is 8. The summed E-state index contributed by atoms with van der Waals surface area (Å²) in [4.78, 5) is 5.79. The molecule has 132 valence electrons. The van der Waals surface area contributed by atoms with E-state index in [1.165, 1.54) is 9.18 Å². The number of aromatic nitrogens is 1.